The van der Waals surface area contributed by atoms with E-state index in [9.17, 15) is 23.2 Å². The first-order valence-electron chi connectivity index (χ1n) is 9.26. The number of nitrogens with zero attached hydrogens (tertiary/aromatic N) is 3. The molecule has 0 spiro atoms. The van der Waals surface area contributed by atoms with Crippen molar-refractivity contribution < 1.29 is 18.0 Å². The molecule has 1 aromatic carbocycles. The van der Waals surface area contributed by atoms with Gasteiger partial charge in [0.2, 0.25) is 11.9 Å². The molecule has 166 valence electrons. The maximum atomic E-state index is 13.0. The van der Waals surface area contributed by atoms with E-state index in [0.717, 1.165) is 12.1 Å². The molecule has 2 rings (SSSR count). The van der Waals surface area contributed by atoms with E-state index in [1.54, 1.807) is 6.26 Å². The number of nitriles is 1. The number of benzene rings is 1. The van der Waals surface area contributed by atoms with Crippen LogP contribution in [0.3, 0.4) is 0 Å². The van der Waals surface area contributed by atoms with E-state index in [4.69, 9.17) is 11.5 Å². The lowest BCUT2D eigenvalue weighted by molar-refractivity contribution is -0.137. The number of amides is 1. The molecule has 6 N–H and O–H groups in total. The van der Waals surface area contributed by atoms with Crippen LogP contribution < -0.4 is 22.1 Å². The van der Waals surface area contributed by atoms with E-state index in [2.05, 4.69) is 20.6 Å². The van der Waals surface area contributed by atoms with Gasteiger partial charge in [-0.1, -0.05) is 6.07 Å². The Hall–Kier alpha value is -3.04. The summed E-state index contributed by atoms with van der Waals surface area (Å²) in [6, 6.07) is 5.61. The van der Waals surface area contributed by atoms with E-state index >= 15 is 0 Å². The minimum atomic E-state index is -4.51. The fourth-order valence-electron chi connectivity index (χ4n) is 2.75. The lowest BCUT2D eigenvalue weighted by atomic mass is 10.1. The van der Waals surface area contributed by atoms with Crippen molar-refractivity contribution >= 4 is 35.1 Å². The number of hydrogen-bond acceptors (Lipinski definition) is 8. The number of carbonyl (C=O) groups excluding carboxylic acids is 1. The molecule has 2 aromatic rings. The third-order valence-corrected chi connectivity index (χ3v) is 4.92. The van der Waals surface area contributed by atoms with Crippen molar-refractivity contribution in [3.05, 3.63) is 35.4 Å². The Kier molecular flexibility index (Phi) is 8.47. The minimum absolute atomic E-state index is 0.0508. The summed E-state index contributed by atoms with van der Waals surface area (Å²) >= 11 is 1.17. The topological polar surface area (TPSA) is 143 Å². The number of hydrogen-bond donors (Lipinski definition) is 4. The van der Waals surface area contributed by atoms with Crippen LogP contribution in [0.5, 0.6) is 0 Å². The van der Waals surface area contributed by atoms with E-state index in [0.29, 0.717) is 30.8 Å². The third-order valence-electron chi connectivity index (χ3n) is 4.23. The molecule has 0 aliphatic carbocycles. The van der Waals surface area contributed by atoms with Crippen LogP contribution in [0.1, 0.15) is 30.4 Å². The molecule has 0 bridgehead atoms. The number of aromatic nitrogens is 2. The van der Waals surface area contributed by atoms with Crippen LogP contribution in [0.25, 0.3) is 0 Å². The van der Waals surface area contributed by atoms with Gasteiger partial charge in [0.15, 0.2) is 5.82 Å². The van der Waals surface area contributed by atoms with Gasteiger partial charge in [-0.2, -0.15) is 23.4 Å². The number of nitrogens with one attached hydrogen (secondary N) is 2. The largest absolute Gasteiger partial charge is 0.416 e. The minimum Gasteiger partial charge on any atom is -0.374 e. The average molecular weight is 453 g/mol. The Labute approximate surface area is 181 Å². The number of carbonyl (C=O) groups is 1. The van der Waals surface area contributed by atoms with E-state index in [1.807, 2.05) is 6.07 Å². The molecule has 1 aromatic heterocycles. The number of thioether (sulfide) groups is 1. The molecule has 0 aliphatic heterocycles. The Morgan fingerprint density at radius 1 is 1.32 bits per heavy atom. The zero-order chi connectivity index (χ0) is 23.0. The molecule has 8 nitrogen and oxygen atoms in total. The Balaban J connectivity index is 2.29. The highest BCUT2D eigenvalue weighted by Crippen LogP contribution is 2.31. The summed E-state index contributed by atoms with van der Waals surface area (Å²) in [4.78, 5) is 20.8. The zero-order valence-corrected chi connectivity index (χ0v) is 17.5. The lowest BCUT2D eigenvalue weighted by Gasteiger charge is -2.20. The lowest BCUT2D eigenvalue weighted by Crippen LogP contribution is -2.35. The van der Waals surface area contributed by atoms with Crippen LogP contribution in [-0.2, 0) is 11.0 Å². The maximum absolute atomic E-state index is 13.0. The highest BCUT2D eigenvalue weighted by molar-refractivity contribution is 7.98. The smallest absolute Gasteiger partial charge is 0.374 e. The summed E-state index contributed by atoms with van der Waals surface area (Å²) in [5, 5.41) is 15.1. The van der Waals surface area contributed by atoms with Gasteiger partial charge in [-0.05, 0) is 50.3 Å². The molecule has 12 heteroatoms. The van der Waals surface area contributed by atoms with Crippen LogP contribution in [0.2, 0.25) is 0 Å². The van der Waals surface area contributed by atoms with Crippen molar-refractivity contribution in [2.45, 2.75) is 36.5 Å². The van der Waals surface area contributed by atoms with Crippen molar-refractivity contribution in [3.63, 3.8) is 0 Å². The highest BCUT2D eigenvalue weighted by Gasteiger charge is 2.31. The van der Waals surface area contributed by atoms with Crippen molar-refractivity contribution in [3.8, 4) is 6.07 Å². The van der Waals surface area contributed by atoms with Gasteiger partial charge < -0.3 is 22.1 Å². The second-order valence-corrected chi connectivity index (χ2v) is 7.27. The van der Waals surface area contributed by atoms with Crippen molar-refractivity contribution in [1.82, 2.24) is 9.97 Å². The molecule has 0 aliphatic rings. The van der Waals surface area contributed by atoms with E-state index < -0.39 is 23.7 Å². The standard InChI is InChI=1S/C19H22F3N7OS/c1-31-17-13(10-24)15(28-18(25)29-17)27-16(30)14(7-2-3-8-23)26-12-6-4-5-11(9-12)19(20,21)22/h4-6,9,14,26H,2-3,7-8,23H2,1H3,(H3,25,27,28,29,30)/t14-/m0/s1. The SMILES string of the molecule is CSc1nc(N)nc(NC(=O)[C@H](CCCCN)Nc2cccc(C(F)(F)F)c2)c1C#N. The molecule has 0 saturated carbocycles. The normalized spacial score (nSPS) is 12.1. The van der Waals surface area contributed by atoms with Gasteiger partial charge in [-0.25, -0.2) is 4.98 Å². The molecule has 0 fully saturated rings. The number of unbranched alkanes of at least 4 members (excludes halogenated alkanes) is 1. The maximum Gasteiger partial charge on any atom is 0.416 e. The number of anilines is 3. The first-order valence-corrected chi connectivity index (χ1v) is 10.5. The summed E-state index contributed by atoms with van der Waals surface area (Å²) in [5.74, 6) is -0.751. The summed E-state index contributed by atoms with van der Waals surface area (Å²) in [7, 11) is 0. The average Bonchev–Trinajstić information content (AvgIpc) is 2.72. The fraction of sp³-hybridized carbons (Fsp3) is 0.368. The fourth-order valence-corrected chi connectivity index (χ4v) is 3.28. The number of nitrogen functional groups attached to an aromatic ring is 1. The Bertz CT molecular complexity index is 962. The predicted molar refractivity (Wildman–Crippen MR) is 113 cm³/mol. The van der Waals surface area contributed by atoms with Crippen molar-refractivity contribution in [2.24, 2.45) is 5.73 Å². The zero-order valence-electron chi connectivity index (χ0n) is 16.7. The van der Waals surface area contributed by atoms with Gasteiger partial charge in [-0.3, -0.25) is 4.79 Å². The molecular formula is C19H22F3N7OS. The van der Waals surface area contributed by atoms with Gasteiger partial charge in [-0.15, -0.1) is 11.8 Å². The summed E-state index contributed by atoms with van der Waals surface area (Å²) < 4.78 is 39.0. The monoisotopic (exact) mass is 453 g/mol. The number of nitrogens with two attached hydrogens (primary N) is 2. The van der Waals surface area contributed by atoms with Crippen molar-refractivity contribution in [1.29, 1.82) is 5.26 Å². The Morgan fingerprint density at radius 3 is 2.68 bits per heavy atom. The Morgan fingerprint density at radius 2 is 2.06 bits per heavy atom. The molecule has 31 heavy (non-hydrogen) atoms. The number of halogens is 3. The van der Waals surface area contributed by atoms with Gasteiger partial charge in [0.05, 0.1) is 5.56 Å². The van der Waals surface area contributed by atoms with Crippen LogP contribution in [-0.4, -0.2) is 34.7 Å². The molecule has 0 unspecified atom stereocenters. The molecule has 0 radical (unpaired) electrons. The third kappa shape index (κ3) is 6.73. The predicted octanol–water partition coefficient (Wildman–Crippen LogP) is 3.22. The van der Waals surface area contributed by atoms with E-state index in [1.165, 1.54) is 23.9 Å². The molecule has 1 heterocycles. The second-order valence-electron chi connectivity index (χ2n) is 6.48. The van der Waals surface area contributed by atoms with E-state index in [-0.39, 0.29) is 23.0 Å². The summed E-state index contributed by atoms with van der Waals surface area (Å²) in [6.45, 7) is 0.413. The van der Waals surface area contributed by atoms with Gasteiger partial charge in [0.1, 0.15) is 22.7 Å². The molecular weight excluding hydrogens is 431 g/mol. The van der Waals surface area contributed by atoms with Crippen LogP contribution in [0, 0.1) is 11.3 Å². The second kappa shape index (κ2) is 10.8. The highest BCUT2D eigenvalue weighted by atomic mass is 32.2. The number of rotatable bonds is 9. The van der Waals surface area contributed by atoms with Crippen molar-refractivity contribution in [2.75, 3.05) is 29.2 Å². The van der Waals surface area contributed by atoms with Gasteiger partial charge >= 0.3 is 6.18 Å². The van der Waals surface area contributed by atoms with Crippen LogP contribution in [0.4, 0.5) is 30.6 Å². The van der Waals surface area contributed by atoms with Gasteiger partial charge in [0, 0.05) is 5.69 Å². The molecule has 1 atom stereocenters. The van der Waals surface area contributed by atoms with Crippen LogP contribution >= 0.6 is 11.8 Å². The quantitative estimate of drug-likeness (QED) is 0.257. The molecule has 0 saturated heterocycles. The summed E-state index contributed by atoms with van der Waals surface area (Å²) in [5.41, 5.74) is 10.5. The van der Waals surface area contributed by atoms with Crippen LogP contribution in [0.15, 0.2) is 29.3 Å². The summed E-state index contributed by atoms with van der Waals surface area (Å²) in [6.07, 6.45) is -1.32. The number of alkyl halides is 3. The first kappa shape index (κ1) is 24.2. The molecule has 1 amide bonds. The first-order chi connectivity index (χ1) is 14.7. The van der Waals surface area contributed by atoms with Gasteiger partial charge in [0.25, 0.3) is 0 Å².